The summed E-state index contributed by atoms with van der Waals surface area (Å²) in [6.07, 6.45) is 3.47. The number of rotatable bonds is 6. The van der Waals surface area contributed by atoms with Crippen molar-refractivity contribution in [3.05, 3.63) is 0 Å². The fourth-order valence-electron chi connectivity index (χ4n) is 3.16. The molecule has 1 N–H and O–H groups in total. The summed E-state index contributed by atoms with van der Waals surface area (Å²) in [7, 11) is 0. The van der Waals surface area contributed by atoms with E-state index < -0.39 is 6.04 Å². The maximum Gasteiger partial charge on any atom is 0.246 e. The molecule has 0 saturated heterocycles. The number of hydrogen-bond donors (Lipinski definition) is 1. The third-order valence-corrected chi connectivity index (χ3v) is 4.01. The van der Waals surface area contributed by atoms with Crippen LogP contribution in [0.5, 0.6) is 0 Å². The van der Waals surface area contributed by atoms with Crippen LogP contribution in [0.3, 0.4) is 0 Å². The minimum absolute atomic E-state index is 0.00624. The predicted molar refractivity (Wildman–Crippen MR) is 79.4 cm³/mol. The van der Waals surface area contributed by atoms with Gasteiger partial charge in [0, 0.05) is 0 Å². The molecular weight excluding hydrogens is 254 g/mol. The molecule has 0 aromatic heterocycles. The molecule has 116 valence electrons. The Hall–Kier alpha value is -0.900. The minimum atomic E-state index is -0.407. The molecule has 3 atom stereocenters. The number of nitrogens with one attached hydrogen (secondary N) is 1. The van der Waals surface area contributed by atoms with Gasteiger partial charge in [0.25, 0.3) is 0 Å². The van der Waals surface area contributed by atoms with E-state index in [-0.39, 0.29) is 30.3 Å². The Bertz CT molecular complexity index is 331. The first-order valence-corrected chi connectivity index (χ1v) is 7.71. The number of hydrogen-bond acceptors (Lipinski definition) is 3. The Balaban J connectivity index is 2.37. The normalized spacial score (nSPS) is 28.2. The second-order valence-electron chi connectivity index (χ2n) is 6.75. The van der Waals surface area contributed by atoms with E-state index in [9.17, 15) is 9.59 Å². The standard InChI is InChI=1S/C16H29NO3/c1-10(2)16(13(5)18)17-15(19)9-20-14-7-11(3)6-12(4)8-14/h10-12,14,16H,6-9H2,1-5H3,(H,17,19). The van der Waals surface area contributed by atoms with E-state index in [0.29, 0.717) is 11.8 Å². The van der Waals surface area contributed by atoms with Crippen LogP contribution < -0.4 is 5.32 Å². The van der Waals surface area contributed by atoms with Crippen molar-refractivity contribution in [3.63, 3.8) is 0 Å². The molecule has 4 heteroatoms. The molecule has 0 aromatic carbocycles. The second kappa shape index (κ2) is 7.77. The lowest BCUT2D eigenvalue weighted by Crippen LogP contribution is -2.45. The van der Waals surface area contributed by atoms with Crippen LogP contribution in [0, 0.1) is 17.8 Å². The molecule has 0 aromatic rings. The quantitative estimate of drug-likeness (QED) is 0.815. The second-order valence-corrected chi connectivity index (χ2v) is 6.75. The highest BCUT2D eigenvalue weighted by Crippen LogP contribution is 2.30. The Labute approximate surface area is 122 Å². The van der Waals surface area contributed by atoms with Crippen LogP contribution >= 0.6 is 0 Å². The topological polar surface area (TPSA) is 55.4 Å². The van der Waals surface area contributed by atoms with Gasteiger partial charge in [0.05, 0.1) is 12.1 Å². The molecule has 1 aliphatic rings. The van der Waals surface area contributed by atoms with Crippen molar-refractivity contribution in [2.45, 2.75) is 66.0 Å². The van der Waals surface area contributed by atoms with Crippen LogP contribution in [-0.2, 0) is 14.3 Å². The Morgan fingerprint density at radius 3 is 2.15 bits per heavy atom. The first kappa shape index (κ1) is 17.2. The maximum absolute atomic E-state index is 11.9. The molecule has 1 aliphatic carbocycles. The van der Waals surface area contributed by atoms with E-state index in [0.717, 1.165) is 12.8 Å². The smallest absolute Gasteiger partial charge is 0.246 e. The molecule has 20 heavy (non-hydrogen) atoms. The van der Waals surface area contributed by atoms with E-state index in [1.807, 2.05) is 13.8 Å². The summed E-state index contributed by atoms with van der Waals surface area (Å²) in [6, 6.07) is -0.407. The van der Waals surface area contributed by atoms with E-state index in [1.165, 1.54) is 13.3 Å². The van der Waals surface area contributed by atoms with Gasteiger partial charge >= 0.3 is 0 Å². The van der Waals surface area contributed by atoms with Gasteiger partial charge in [-0.2, -0.15) is 0 Å². The lowest BCUT2D eigenvalue weighted by Gasteiger charge is -2.31. The van der Waals surface area contributed by atoms with Gasteiger partial charge in [-0.25, -0.2) is 0 Å². The van der Waals surface area contributed by atoms with E-state index >= 15 is 0 Å². The van der Waals surface area contributed by atoms with Gasteiger partial charge in [-0.15, -0.1) is 0 Å². The molecular formula is C16H29NO3. The molecule has 1 saturated carbocycles. The van der Waals surface area contributed by atoms with Gasteiger partial charge in [-0.1, -0.05) is 27.7 Å². The molecule has 1 fully saturated rings. The molecule has 0 spiro atoms. The summed E-state index contributed by atoms with van der Waals surface area (Å²) in [5.41, 5.74) is 0. The lowest BCUT2D eigenvalue weighted by molar-refractivity contribution is -0.133. The molecule has 1 rings (SSSR count). The molecule has 3 unspecified atom stereocenters. The Morgan fingerprint density at radius 1 is 1.15 bits per heavy atom. The van der Waals surface area contributed by atoms with Crippen molar-refractivity contribution in [2.24, 2.45) is 17.8 Å². The summed E-state index contributed by atoms with van der Waals surface area (Å²) in [5.74, 6) is 1.23. The zero-order valence-electron chi connectivity index (χ0n) is 13.4. The average molecular weight is 283 g/mol. The first-order valence-electron chi connectivity index (χ1n) is 7.71. The predicted octanol–water partition coefficient (Wildman–Crippen LogP) is 2.56. The summed E-state index contributed by atoms with van der Waals surface area (Å²) in [5, 5.41) is 2.76. The SMILES string of the molecule is CC(=O)C(NC(=O)COC1CC(C)CC(C)C1)C(C)C. The summed E-state index contributed by atoms with van der Waals surface area (Å²) in [6.45, 7) is 9.89. The van der Waals surface area contributed by atoms with E-state index in [2.05, 4.69) is 19.2 Å². The summed E-state index contributed by atoms with van der Waals surface area (Å²) in [4.78, 5) is 23.3. The largest absolute Gasteiger partial charge is 0.368 e. The molecule has 0 heterocycles. The van der Waals surface area contributed by atoms with Gasteiger partial charge < -0.3 is 10.1 Å². The molecule has 1 amide bonds. The van der Waals surface area contributed by atoms with Crippen molar-refractivity contribution >= 4 is 11.7 Å². The van der Waals surface area contributed by atoms with Crippen LogP contribution in [0.25, 0.3) is 0 Å². The van der Waals surface area contributed by atoms with Crippen molar-refractivity contribution in [1.82, 2.24) is 5.32 Å². The van der Waals surface area contributed by atoms with E-state index in [4.69, 9.17) is 4.74 Å². The van der Waals surface area contributed by atoms with Crippen molar-refractivity contribution in [3.8, 4) is 0 Å². The third-order valence-electron chi connectivity index (χ3n) is 4.01. The van der Waals surface area contributed by atoms with Crippen LogP contribution in [0.2, 0.25) is 0 Å². The van der Waals surface area contributed by atoms with Gasteiger partial charge in [0.15, 0.2) is 5.78 Å². The van der Waals surface area contributed by atoms with E-state index in [1.54, 1.807) is 0 Å². The number of Topliss-reactive ketones (excluding diaryl/α,β-unsaturated/α-hetero) is 1. The van der Waals surface area contributed by atoms with Crippen molar-refractivity contribution in [2.75, 3.05) is 6.61 Å². The fraction of sp³-hybridized carbons (Fsp3) is 0.875. The van der Waals surface area contributed by atoms with Gasteiger partial charge in [0.1, 0.15) is 6.61 Å². The highest BCUT2D eigenvalue weighted by atomic mass is 16.5. The third kappa shape index (κ3) is 5.61. The van der Waals surface area contributed by atoms with Crippen molar-refractivity contribution < 1.29 is 14.3 Å². The Kier molecular flexibility index (Phi) is 6.66. The minimum Gasteiger partial charge on any atom is -0.368 e. The monoisotopic (exact) mass is 283 g/mol. The maximum atomic E-state index is 11.9. The molecule has 0 aliphatic heterocycles. The number of ketones is 1. The zero-order chi connectivity index (χ0) is 15.3. The fourth-order valence-corrected chi connectivity index (χ4v) is 3.16. The van der Waals surface area contributed by atoms with Crippen molar-refractivity contribution in [1.29, 1.82) is 0 Å². The van der Waals surface area contributed by atoms with Crippen LogP contribution in [-0.4, -0.2) is 30.4 Å². The average Bonchev–Trinajstić information content (AvgIpc) is 2.31. The summed E-state index contributed by atoms with van der Waals surface area (Å²) < 4.78 is 5.72. The van der Waals surface area contributed by atoms with Gasteiger partial charge in [-0.05, 0) is 43.9 Å². The number of ether oxygens (including phenoxy) is 1. The molecule has 4 nitrogen and oxygen atoms in total. The highest BCUT2D eigenvalue weighted by molar-refractivity contribution is 5.88. The summed E-state index contributed by atoms with van der Waals surface area (Å²) >= 11 is 0. The lowest BCUT2D eigenvalue weighted by atomic mass is 9.82. The highest BCUT2D eigenvalue weighted by Gasteiger charge is 2.26. The number of amides is 1. The van der Waals surface area contributed by atoms with Gasteiger partial charge in [0.2, 0.25) is 5.91 Å². The van der Waals surface area contributed by atoms with Crippen LogP contribution in [0.4, 0.5) is 0 Å². The van der Waals surface area contributed by atoms with Crippen LogP contribution in [0.15, 0.2) is 0 Å². The first-order chi connectivity index (χ1) is 9.29. The molecule has 0 radical (unpaired) electrons. The number of carbonyl (C=O) groups is 2. The van der Waals surface area contributed by atoms with Crippen LogP contribution in [0.1, 0.15) is 53.9 Å². The zero-order valence-corrected chi connectivity index (χ0v) is 13.4. The Morgan fingerprint density at radius 2 is 1.70 bits per heavy atom. The number of carbonyl (C=O) groups excluding carboxylic acids is 2. The van der Waals surface area contributed by atoms with Gasteiger partial charge in [-0.3, -0.25) is 9.59 Å². The molecule has 0 bridgehead atoms.